The molecule has 0 radical (unpaired) electrons. The first-order valence-corrected chi connectivity index (χ1v) is 5.39. The molecule has 1 aromatic heterocycles. The maximum Gasteiger partial charge on any atom is 0.505 e. The molecule has 0 bridgehead atoms. The highest BCUT2D eigenvalue weighted by Crippen LogP contribution is 2.11. The van der Waals surface area contributed by atoms with Gasteiger partial charge in [-0.05, 0) is 44.6 Å². The van der Waals surface area contributed by atoms with Crippen LogP contribution in [0, 0.1) is 6.92 Å². The van der Waals surface area contributed by atoms with E-state index in [1.807, 2.05) is 39.8 Å². The molecule has 5 nitrogen and oxygen atoms in total. The zero-order valence-electron chi connectivity index (χ0n) is 10.9. The Labute approximate surface area is 101 Å². The number of carbonyl (C=O) groups excluding carboxylic acids is 1. The number of ether oxygens (including phenoxy) is 1. The third kappa shape index (κ3) is 3.94. The lowest BCUT2D eigenvalue weighted by molar-refractivity contribution is -0.874. The highest BCUT2D eigenvalue weighted by atomic mass is 16.6. The quantitative estimate of drug-likeness (QED) is 0.799. The van der Waals surface area contributed by atoms with Crippen LogP contribution in [0.5, 0.6) is 0 Å². The Morgan fingerprint density at radius 2 is 2.06 bits per heavy atom. The summed E-state index contributed by atoms with van der Waals surface area (Å²) in [5.41, 5.74) is 0.366. The molecular formula is C12H19N2O3+. The van der Waals surface area contributed by atoms with Gasteiger partial charge in [-0.25, -0.2) is 0 Å². The van der Waals surface area contributed by atoms with E-state index in [0.717, 1.165) is 5.56 Å². The monoisotopic (exact) mass is 239 g/mol. The molecule has 1 aromatic rings. The van der Waals surface area contributed by atoms with Gasteiger partial charge in [-0.3, -0.25) is 0 Å². The van der Waals surface area contributed by atoms with E-state index in [1.54, 1.807) is 6.20 Å². The minimum Gasteiger partial charge on any atom is -0.426 e. The van der Waals surface area contributed by atoms with Crippen LogP contribution in [-0.4, -0.2) is 18.8 Å². The Morgan fingerprint density at radius 3 is 2.59 bits per heavy atom. The molecular weight excluding hydrogens is 220 g/mol. The second-order valence-corrected chi connectivity index (χ2v) is 4.68. The van der Waals surface area contributed by atoms with Crippen LogP contribution >= 0.6 is 0 Å². The van der Waals surface area contributed by atoms with Gasteiger partial charge in [0.25, 0.3) is 0 Å². The Bertz CT molecular complexity index is 411. The minimum atomic E-state index is -0.523. The van der Waals surface area contributed by atoms with E-state index in [-0.39, 0.29) is 0 Å². The zero-order chi connectivity index (χ0) is 13.1. The van der Waals surface area contributed by atoms with Gasteiger partial charge in [-0.1, -0.05) is 0 Å². The molecule has 5 heteroatoms. The molecule has 0 fully saturated rings. The number of anilines is 1. The lowest BCUT2D eigenvalue weighted by Gasteiger charge is -2.17. The van der Waals surface area contributed by atoms with Crippen molar-refractivity contribution in [2.75, 3.05) is 12.4 Å². The maximum absolute atomic E-state index is 11.6. The van der Waals surface area contributed by atoms with Crippen molar-refractivity contribution in [1.29, 1.82) is 0 Å². The Kier molecular flexibility index (Phi) is 3.93. The van der Waals surface area contributed by atoms with Crippen molar-refractivity contribution in [1.82, 2.24) is 0 Å². The summed E-state index contributed by atoms with van der Waals surface area (Å²) in [5, 5.41) is 2.66. The molecule has 0 aliphatic heterocycles. The van der Waals surface area contributed by atoms with Gasteiger partial charge >= 0.3 is 11.9 Å². The summed E-state index contributed by atoms with van der Waals surface area (Å²) in [7, 11) is 1.53. The predicted molar refractivity (Wildman–Crippen MR) is 63.7 cm³/mol. The molecule has 0 aliphatic carbocycles. The maximum atomic E-state index is 11.6. The molecule has 0 saturated carbocycles. The standard InChI is InChI=1S/C12H18N2O3/c1-9-7-6-8-14(16-5)10(9)13-11(15)17-12(2,3)4/h6-8H,1-5H3/p+1. The molecule has 0 aromatic carbocycles. The molecule has 0 unspecified atom stereocenters. The van der Waals surface area contributed by atoms with Gasteiger partial charge in [0, 0.05) is 5.56 Å². The average molecular weight is 239 g/mol. The highest BCUT2D eigenvalue weighted by Gasteiger charge is 2.23. The van der Waals surface area contributed by atoms with Crippen molar-refractivity contribution in [3.05, 3.63) is 23.9 Å². The molecule has 0 saturated heterocycles. The number of nitrogens with one attached hydrogen (secondary N) is 1. The number of carbonyl (C=O) groups is 1. The van der Waals surface area contributed by atoms with Crippen molar-refractivity contribution in [3.63, 3.8) is 0 Å². The molecule has 1 amide bonds. The van der Waals surface area contributed by atoms with E-state index < -0.39 is 11.7 Å². The van der Waals surface area contributed by atoms with Crippen molar-refractivity contribution >= 4 is 11.9 Å². The first-order valence-electron chi connectivity index (χ1n) is 5.39. The minimum absolute atomic E-state index is 0.502. The van der Waals surface area contributed by atoms with Gasteiger partial charge in [-0.2, -0.15) is 10.1 Å². The van der Waals surface area contributed by atoms with E-state index in [2.05, 4.69) is 5.32 Å². The molecule has 1 rings (SSSR count). The Hall–Kier alpha value is -1.78. The highest BCUT2D eigenvalue weighted by molar-refractivity contribution is 5.83. The second kappa shape index (κ2) is 5.03. The first kappa shape index (κ1) is 13.3. The van der Waals surface area contributed by atoms with Crippen molar-refractivity contribution in [3.8, 4) is 0 Å². The number of hydrogen-bond donors (Lipinski definition) is 1. The van der Waals surface area contributed by atoms with E-state index in [1.165, 1.54) is 11.8 Å². The van der Waals surface area contributed by atoms with Crippen LogP contribution in [0.15, 0.2) is 18.3 Å². The van der Waals surface area contributed by atoms with E-state index in [4.69, 9.17) is 9.57 Å². The van der Waals surface area contributed by atoms with Crippen LogP contribution in [0.25, 0.3) is 0 Å². The summed E-state index contributed by atoms with van der Waals surface area (Å²) in [4.78, 5) is 16.7. The Morgan fingerprint density at radius 1 is 1.41 bits per heavy atom. The predicted octanol–water partition coefficient (Wildman–Crippen LogP) is 1.69. The Balaban J connectivity index is 2.84. The van der Waals surface area contributed by atoms with Gasteiger partial charge in [0.15, 0.2) is 0 Å². The van der Waals surface area contributed by atoms with Gasteiger partial charge in [0.05, 0.1) is 0 Å². The molecule has 0 atom stereocenters. The van der Waals surface area contributed by atoms with Crippen LogP contribution in [-0.2, 0) is 4.74 Å². The molecule has 1 heterocycles. The molecule has 1 N–H and O–H groups in total. The zero-order valence-corrected chi connectivity index (χ0v) is 10.9. The van der Waals surface area contributed by atoms with Crippen LogP contribution in [0.4, 0.5) is 10.6 Å². The van der Waals surface area contributed by atoms with Gasteiger partial charge in [-0.15, -0.1) is 0 Å². The van der Waals surface area contributed by atoms with E-state index in [9.17, 15) is 4.79 Å². The fraction of sp³-hybridized carbons (Fsp3) is 0.500. The largest absolute Gasteiger partial charge is 0.505 e. The topological polar surface area (TPSA) is 51.4 Å². The average Bonchev–Trinajstić information content (AvgIpc) is 2.18. The SMILES string of the molecule is CO[n+]1cccc(C)c1NC(=O)OC(C)(C)C. The number of nitrogens with zero attached hydrogens (tertiary/aromatic N) is 1. The summed E-state index contributed by atoms with van der Waals surface area (Å²) in [6, 6.07) is 3.71. The van der Waals surface area contributed by atoms with Crippen LogP contribution in [0.2, 0.25) is 0 Å². The number of aromatic nitrogens is 1. The molecule has 94 valence electrons. The molecule has 0 aliphatic rings. The summed E-state index contributed by atoms with van der Waals surface area (Å²) >= 11 is 0. The van der Waals surface area contributed by atoms with Crippen molar-refractivity contribution < 1.29 is 19.1 Å². The summed E-state index contributed by atoms with van der Waals surface area (Å²) in [6.07, 6.45) is 1.21. The van der Waals surface area contributed by atoms with Crippen LogP contribution in [0.3, 0.4) is 0 Å². The normalized spacial score (nSPS) is 10.9. The summed E-state index contributed by atoms with van der Waals surface area (Å²) in [6.45, 7) is 7.32. The fourth-order valence-electron chi connectivity index (χ4n) is 1.30. The smallest absolute Gasteiger partial charge is 0.426 e. The number of pyridine rings is 1. The lowest BCUT2D eigenvalue weighted by atomic mass is 10.2. The molecule has 17 heavy (non-hydrogen) atoms. The first-order chi connectivity index (χ1) is 7.83. The number of amides is 1. The van der Waals surface area contributed by atoms with Gasteiger partial charge in [0.1, 0.15) is 18.9 Å². The fourth-order valence-corrected chi connectivity index (χ4v) is 1.30. The molecule has 0 spiro atoms. The number of rotatable bonds is 2. The van der Waals surface area contributed by atoms with Crippen LogP contribution < -0.4 is 14.9 Å². The summed E-state index contributed by atoms with van der Waals surface area (Å²) < 4.78 is 6.65. The number of hydrogen-bond acceptors (Lipinski definition) is 3. The third-order valence-electron chi connectivity index (χ3n) is 1.98. The third-order valence-corrected chi connectivity index (χ3v) is 1.98. The summed E-state index contributed by atoms with van der Waals surface area (Å²) in [5.74, 6) is 0.559. The second-order valence-electron chi connectivity index (χ2n) is 4.68. The van der Waals surface area contributed by atoms with Gasteiger partial charge in [0.2, 0.25) is 0 Å². The van der Waals surface area contributed by atoms with Crippen molar-refractivity contribution in [2.45, 2.75) is 33.3 Å². The van der Waals surface area contributed by atoms with Gasteiger partial charge < -0.3 is 9.57 Å². The van der Waals surface area contributed by atoms with E-state index >= 15 is 0 Å². The number of aryl methyl sites for hydroxylation is 1. The van der Waals surface area contributed by atoms with E-state index in [0.29, 0.717) is 5.82 Å². The lowest BCUT2D eigenvalue weighted by Crippen LogP contribution is -2.44. The van der Waals surface area contributed by atoms with Crippen molar-refractivity contribution in [2.24, 2.45) is 0 Å². The van der Waals surface area contributed by atoms with Crippen LogP contribution in [0.1, 0.15) is 26.3 Å².